The molecular formula is C23H21F2N3O4S2. The summed E-state index contributed by atoms with van der Waals surface area (Å²) in [5, 5.41) is 4.31. The molecule has 0 aliphatic carbocycles. The van der Waals surface area contributed by atoms with Gasteiger partial charge in [0.25, 0.3) is 10.0 Å². The van der Waals surface area contributed by atoms with Crippen LogP contribution in [0.3, 0.4) is 0 Å². The highest BCUT2D eigenvalue weighted by Gasteiger charge is 2.38. The predicted molar refractivity (Wildman–Crippen MR) is 125 cm³/mol. The van der Waals surface area contributed by atoms with E-state index in [-0.39, 0.29) is 22.6 Å². The van der Waals surface area contributed by atoms with Crippen LogP contribution in [-0.4, -0.2) is 32.7 Å². The lowest BCUT2D eigenvalue weighted by Crippen LogP contribution is -2.28. The lowest BCUT2D eigenvalue weighted by molar-refractivity contribution is 0.362. The first-order valence-electron chi connectivity index (χ1n) is 10.3. The van der Waals surface area contributed by atoms with Crippen molar-refractivity contribution >= 4 is 31.4 Å². The third-order valence-electron chi connectivity index (χ3n) is 5.37. The van der Waals surface area contributed by atoms with E-state index in [1.54, 1.807) is 30.3 Å². The highest BCUT2D eigenvalue weighted by Crippen LogP contribution is 2.38. The second-order valence-corrected chi connectivity index (χ2v) is 11.4. The van der Waals surface area contributed by atoms with Gasteiger partial charge in [0.15, 0.2) is 0 Å². The molecule has 1 N–H and O–H groups in total. The predicted octanol–water partition coefficient (Wildman–Crippen LogP) is 4.27. The van der Waals surface area contributed by atoms with Crippen molar-refractivity contribution in [1.29, 1.82) is 0 Å². The molecule has 0 saturated heterocycles. The number of nitrogens with one attached hydrogen (secondary N) is 1. The Kier molecular flexibility index (Phi) is 6.41. The summed E-state index contributed by atoms with van der Waals surface area (Å²) in [6.45, 7) is 1.52. The molecule has 0 unspecified atom stereocenters. The van der Waals surface area contributed by atoms with Gasteiger partial charge in [0.1, 0.15) is 11.6 Å². The molecule has 11 heteroatoms. The molecule has 0 fully saturated rings. The van der Waals surface area contributed by atoms with E-state index in [2.05, 4.69) is 9.82 Å². The van der Waals surface area contributed by atoms with Crippen molar-refractivity contribution < 1.29 is 25.6 Å². The first-order valence-corrected chi connectivity index (χ1v) is 13.4. The Bertz CT molecular complexity index is 1440. The van der Waals surface area contributed by atoms with E-state index in [4.69, 9.17) is 0 Å². The first kappa shape index (κ1) is 23.8. The summed E-state index contributed by atoms with van der Waals surface area (Å²) in [6, 6.07) is 15.5. The summed E-state index contributed by atoms with van der Waals surface area (Å²) in [4.78, 5) is -0.176. The number of halogens is 2. The molecule has 0 spiro atoms. The van der Waals surface area contributed by atoms with Gasteiger partial charge in [-0.1, -0.05) is 30.3 Å². The minimum absolute atomic E-state index is 0.0814. The molecule has 3 aromatic rings. The van der Waals surface area contributed by atoms with E-state index in [1.807, 2.05) is 0 Å². The average molecular weight is 506 g/mol. The molecule has 1 aliphatic rings. The largest absolute Gasteiger partial charge is 0.284 e. The Balaban J connectivity index is 1.73. The maximum absolute atomic E-state index is 14.6. The fourth-order valence-corrected chi connectivity index (χ4v) is 5.62. The summed E-state index contributed by atoms with van der Waals surface area (Å²) >= 11 is 0. The van der Waals surface area contributed by atoms with Gasteiger partial charge in [0, 0.05) is 17.7 Å². The van der Waals surface area contributed by atoms with Gasteiger partial charge < -0.3 is 0 Å². The van der Waals surface area contributed by atoms with E-state index < -0.39 is 37.7 Å². The molecule has 1 aliphatic heterocycles. The summed E-state index contributed by atoms with van der Waals surface area (Å²) in [6.07, 6.45) is 0.0847. The topological polar surface area (TPSA) is 95.9 Å². The Morgan fingerprint density at radius 1 is 0.941 bits per heavy atom. The highest BCUT2D eigenvalue weighted by atomic mass is 32.2. The average Bonchev–Trinajstić information content (AvgIpc) is 3.26. The van der Waals surface area contributed by atoms with Crippen molar-refractivity contribution in [2.24, 2.45) is 5.10 Å². The molecule has 4 rings (SSSR count). The second-order valence-electron chi connectivity index (χ2n) is 7.60. The van der Waals surface area contributed by atoms with E-state index in [0.717, 1.165) is 28.7 Å². The lowest BCUT2D eigenvalue weighted by Gasteiger charge is -2.23. The molecule has 34 heavy (non-hydrogen) atoms. The van der Waals surface area contributed by atoms with Crippen LogP contribution < -0.4 is 4.72 Å². The van der Waals surface area contributed by atoms with Gasteiger partial charge >= 0.3 is 0 Å². The number of rotatable bonds is 7. The number of anilines is 1. The summed E-state index contributed by atoms with van der Waals surface area (Å²) in [7, 11) is -7.68. The van der Waals surface area contributed by atoms with Gasteiger partial charge in [-0.2, -0.15) is 17.9 Å². The first-order chi connectivity index (χ1) is 16.1. The smallest absolute Gasteiger partial charge is 0.279 e. The number of hydrogen-bond donors (Lipinski definition) is 1. The zero-order chi connectivity index (χ0) is 24.5. The second kappa shape index (κ2) is 9.15. The minimum Gasteiger partial charge on any atom is -0.284 e. The highest BCUT2D eigenvalue weighted by molar-refractivity contribution is 7.92. The molecular weight excluding hydrogens is 484 g/mol. The molecule has 1 atom stereocenters. The molecule has 1 heterocycles. The summed E-state index contributed by atoms with van der Waals surface area (Å²) in [5.41, 5.74) is 1.44. The zero-order valence-corrected chi connectivity index (χ0v) is 19.7. The minimum atomic E-state index is -4.23. The molecule has 0 aromatic heterocycles. The van der Waals surface area contributed by atoms with Crippen LogP contribution in [0.25, 0.3) is 0 Å². The van der Waals surface area contributed by atoms with Crippen molar-refractivity contribution in [1.82, 2.24) is 4.41 Å². The quantitative estimate of drug-likeness (QED) is 0.519. The zero-order valence-electron chi connectivity index (χ0n) is 18.0. The Hall–Kier alpha value is -3.31. The van der Waals surface area contributed by atoms with Gasteiger partial charge in [-0.3, -0.25) is 4.72 Å². The van der Waals surface area contributed by atoms with Crippen LogP contribution in [0.2, 0.25) is 0 Å². The number of hydrazone groups is 1. The third-order valence-corrected chi connectivity index (χ3v) is 8.37. The summed E-state index contributed by atoms with van der Waals surface area (Å²) in [5.74, 6) is -1.25. The van der Waals surface area contributed by atoms with Crippen LogP contribution in [-0.2, 0) is 20.0 Å². The third kappa shape index (κ3) is 4.80. The van der Waals surface area contributed by atoms with Crippen LogP contribution in [0, 0.1) is 11.6 Å². The van der Waals surface area contributed by atoms with Crippen molar-refractivity contribution in [3.05, 3.63) is 95.6 Å². The van der Waals surface area contributed by atoms with E-state index in [9.17, 15) is 25.6 Å². The maximum Gasteiger partial charge on any atom is 0.279 e. The number of benzene rings is 3. The maximum atomic E-state index is 14.6. The molecule has 7 nitrogen and oxygen atoms in total. The van der Waals surface area contributed by atoms with Crippen LogP contribution in [0.5, 0.6) is 0 Å². The van der Waals surface area contributed by atoms with Gasteiger partial charge in [-0.05, 0) is 55.0 Å². The lowest BCUT2D eigenvalue weighted by atomic mass is 9.99. The molecule has 0 amide bonds. The van der Waals surface area contributed by atoms with Gasteiger partial charge in [0.05, 0.1) is 22.4 Å². The van der Waals surface area contributed by atoms with E-state index in [0.29, 0.717) is 17.0 Å². The Morgan fingerprint density at radius 3 is 2.21 bits per heavy atom. The van der Waals surface area contributed by atoms with Crippen molar-refractivity contribution in [3.63, 3.8) is 0 Å². The van der Waals surface area contributed by atoms with Gasteiger partial charge in [-0.25, -0.2) is 17.2 Å². The van der Waals surface area contributed by atoms with Crippen LogP contribution in [0.15, 0.2) is 82.8 Å². The Labute approximate surface area is 196 Å². The van der Waals surface area contributed by atoms with Gasteiger partial charge in [0.2, 0.25) is 10.0 Å². The molecule has 0 bridgehead atoms. The van der Waals surface area contributed by atoms with Crippen LogP contribution >= 0.6 is 0 Å². The molecule has 0 radical (unpaired) electrons. The van der Waals surface area contributed by atoms with Gasteiger partial charge in [-0.15, -0.1) is 0 Å². The number of nitrogens with zero attached hydrogens (tertiary/aromatic N) is 2. The van der Waals surface area contributed by atoms with Crippen LogP contribution in [0.1, 0.15) is 30.5 Å². The summed E-state index contributed by atoms with van der Waals surface area (Å²) < 4.78 is 81.6. The van der Waals surface area contributed by atoms with Crippen LogP contribution in [0.4, 0.5) is 14.5 Å². The SMILES string of the molecule is CCS(=O)(=O)Nc1ccc(C2=NN(S(=O)(=O)c3ccc(F)cc3)[C@H](c3ccccc3F)C2)cc1. The fourth-order valence-electron chi connectivity index (χ4n) is 3.56. The monoisotopic (exact) mass is 505 g/mol. The number of hydrogen-bond acceptors (Lipinski definition) is 5. The fraction of sp³-hybridized carbons (Fsp3) is 0.174. The van der Waals surface area contributed by atoms with E-state index >= 15 is 0 Å². The molecule has 178 valence electrons. The number of sulfonamides is 2. The van der Waals surface area contributed by atoms with Crippen molar-refractivity contribution in [3.8, 4) is 0 Å². The molecule has 3 aromatic carbocycles. The van der Waals surface area contributed by atoms with Crippen molar-refractivity contribution in [2.75, 3.05) is 10.5 Å². The normalized spacial score (nSPS) is 16.4. The Morgan fingerprint density at radius 2 is 1.59 bits per heavy atom. The van der Waals surface area contributed by atoms with E-state index in [1.165, 1.54) is 25.1 Å². The molecule has 0 saturated carbocycles. The standard InChI is InChI=1S/C23H21F2N3O4S2/c1-2-33(29,30)27-18-11-7-16(8-12-18)22-15-23(20-5-3-4-6-21(20)25)28(26-22)34(31,32)19-13-9-17(24)10-14-19/h3-14,23,27H,2,15H2,1H3/t23-/m0/s1. The van der Waals surface area contributed by atoms with Crippen molar-refractivity contribution in [2.45, 2.75) is 24.3 Å².